The smallest absolute Gasteiger partial charge is 0.159 e. The van der Waals surface area contributed by atoms with Gasteiger partial charge in [-0.15, -0.1) is 0 Å². The monoisotopic (exact) mass is 257 g/mol. The molecule has 0 aliphatic rings. The van der Waals surface area contributed by atoms with Crippen molar-refractivity contribution in [2.24, 2.45) is 0 Å². The molecule has 0 spiro atoms. The molecule has 5 heteroatoms. The molecule has 4 N–H and O–H groups in total. The van der Waals surface area contributed by atoms with Crippen molar-refractivity contribution in [2.75, 3.05) is 22.9 Å². The van der Waals surface area contributed by atoms with Gasteiger partial charge in [0, 0.05) is 12.2 Å². The Balaban J connectivity index is 2.30. The van der Waals surface area contributed by atoms with Gasteiger partial charge in [0.15, 0.2) is 11.6 Å². The SMILES string of the molecule is CCNc1ncnc(Nc2ccc(C)cc2C)c1N. The standard InChI is InChI=1S/C14H19N5/c1-4-16-13-12(15)14(18-8-17-13)19-11-6-5-9(2)7-10(11)3/h5-8H,4,15H2,1-3H3,(H2,16,17,18,19). The molecule has 0 atom stereocenters. The number of anilines is 4. The lowest BCUT2D eigenvalue weighted by atomic mass is 10.1. The van der Waals surface area contributed by atoms with Crippen LogP contribution >= 0.6 is 0 Å². The zero-order valence-electron chi connectivity index (χ0n) is 11.5. The zero-order valence-corrected chi connectivity index (χ0v) is 11.5. The first-order valence-electron chi connectivity index (χ1n) is 6.30. The Bertz CT molecular complexity index is 580. The molecule has 2 aromatic rings. The molecule has 0 amide bonds. The Morgan fingerprint density at radius 3 is 2.58 bits per heavy atom. The fourth-order valence-corrected chi connectivity index (χ4v) is 1.88. The first-order chi connectivity index (χ1) is 9.11. The molecule has 5 nitrogen and oxygen atoms in total. The number of aryl methyl sites for hydroxylation is 2. The highest BCUT2D eigenvalue weighted by atomic mass is 15.1. The first kappa shape index (κ1) is 13.1. The lowest BCUT2D eigenvalue weighted by Gasteiger charge is -2.13. The largest absolute Gasteiger partial charge is 0.393 e. The molecule has 0 radical (unpaired) electrons. The third-order valence-corrected chi connectivity index (χ3v) is 2.86. The van der Waals surface area contributed by atoms with Crippen LogP contribution in [0.4, 0.5) is 23.0 Å². The Labute approximate surface area is 113 Å². The van der Waals surface area contributed by atoms with Crippen LogP contribution in [0.3, 0.4) is 0 Å². The maximum absolute atomic E-state index is 6.05. The molecule has 0 unspecified atom stereocenters. The van der Waals surface area contributed by atoms with E-state index in [1.54, 1.807) is 0 Å². The van der Waals surface area contributed by atoms with Crippen molar-refractivity contribution in [2.45, 2.75) is 20.8 Å². The number of nitrogens with zero attached hydrogens (tertiary/aromatic N) is 2. The summed E-state index contributed by atoms with van der Waals surface area (Å²) in [6.45, 7) is 6.89. The summed E-state index contributed by atoms with van der Waals surface area (Å²) in [6.07, 6.45) is 1.50. The fraction of sp³-hybridized carbons (Fsp3) is 0.286. The predicted octanol–water partition coefficient (Wildman–Crippen LogP) is 2.85. The summed E-state index contributed by atoms with van der Waals surface area (Å²) in [7, 11) is 0. The van der Waals surface area contributed by atoms with Gasteiger partial charge in [-0.2, -0.15) is 0 Å². The van der Waals surface area contributed by atoms with Gasteiger partial charge in [-0.1, -0.05) is 17.7 Å². The molecular formula is C14H19N5. The minimum absolute atomic E-state index is 0.532. The number of hydrogen-bond donors (Lipinski definition) is 3. The molecule has 0 fully saturated rings. The van der Waals surface area contributed by atoms with Crippen molar-refractivity contribution in [1.82, 2.24) is 9.97 Å². The lowest BCUT2D eigenvalue weighted by molar-refractivity contribution is 1.11. The molecule has 1 heterocycles. The van der Waals surface area contributed by atoms with Gasteiger partial charge in [0.05, 0.1) is 0 Å². The van der Waals surface area contributed by atoms with Crippen molar-refractivity contribution in [3.8, 4) is 0 Å². The van der Waals surface area contributed by atoms with Crippen LogP contribution in [0.25, 0.3) is 0 Å². The molecule has 0 saturated carbocycles. The highest BCUT2D eigenvalue weighted by Gasteiger charge is 2.08. The maximum Gasteiger partial charge on any atom is 0.159 e. The van der Waals surface area contributed by atoms with Crippen molar-refractivity contribution in [3.05, 3.63) is 35.7 Å². The van der Waals surface area contributed by atoms with Gasteiger partial charge in [0.25, 0.3) is 0 Å². The average molecular weight is 257 g/mol. The third-order valence-electron chi connectivity index (χ3n) is 2.86. The fourth-order valence-electron chi connectivity index (χ4n) is 1.88. The molecule has 1 aromatic heterocycles. The Kier molecular flexibility index (Phi) is 3.85. The molecule has 0 aliphatic heterocycles. The van der Waals surface area contributed by atoms with Crippen LogP contribution in [0.5, 0.6) is 0 Å². The van der Waals surface area contributed by atoms with Crippen molar-refractivity contribution in [3.63, 3.8) is 0 Å². The summed E-state index contributed by atoms with van der Waals surface area (Å²) in [5, 5.41) is 6.36. The molecule has 0 bridgehead atoms. The quantitative estimate of drug-likeness (QED) is 0.785. The predicted molar refractivity (Wildman–Crippen MR) is 79.8 cm³/mol. The van der Waals surface area contributed by atoms with E-state index < -0.39 is 0 Å². The van der Waals surface area contributed by atoms with Gasteiger partial charge in [-0.3, -0.25) is 0 Å². The van der Waals surface area contributed by atoms with Gasteiger partial charge < -0.3 is 16.4 Å². The van der Waals surface area contributed by atoms with E-state index in [2.05, 4.69) is 46.6 Å². The average Bonchev–Trinajstić information content (AvgIpc) is 2.37. The molecule has 0 saturated heterocycles. The summed E-state index contributed by atoms with van der Waals surface area (Å²) in [4.78, 5) is 8.31. The van der Waals surface area contributed by atoms with Crippen LogP contribution in [0.15, 0.2) is 24.5 Å². The van der Waals surface area contributed by atoms with Gasteiger partial charge in [-0.25, -0.2) is 9.97 Å². The normalized spacial score (nSPS) is 10.3. The molecule has 100 valence electrons. The van der Waals surface area contributed by atoms with Crippen LogP contribution in [-0.4, -0.2) is 16.5 Å². The second-order valence-electron chi connectivity index (χ2n) is 4.46. The lowest BCUT2D eigenvalue weighted by Crippen LogP contribution is -2.07. The number of nitrogen functional groups attached to an aromatic ring is 1. The van der Waals surface area contributed by atoms with Crippen LogP contribution in [0, 0.1) is 13.8 Å². The van der Waals surface area contributed by atoms with E-state index in [0.29, 0.717) is 17.3 Å². The van der Waals surface area contributed by atoms with E-state index >= 15 is 0 Å². The van der Waals surface area contributed by atoms with Crippen LogP contribution in [-0.2, 0) is 0 Å². The second kappa shape index (κ2) is 5.56. The van der Waals surface area contributed by atoms with Crippen LogP contribution < -0.4 is 16.4 Å². The Morgan fingerprint density at radius 1 is 1.16 bits per heavy atom. The number of rotatable bonds is 4. The molecular weight excluding hydrogens is 238 g/mol. The molecule has 19 heavy (non-hydrogen) atoms. The van der Waals surface area contributed by atoms with Crippen LogP contribution in [0.2, 0.25) is 0 Å². The maximum atomic E-state index is 6.05. The van der Waals surface area contributed by atoms with Gasteiger partial charge in [0.2, 0.25) is 0 Å². The highest BCUT2D eigenvalue weighted by molar-refractivity contribution is 5.78. The summed E-state index contributed by atoms with van der Waals surface area (Å²) >= 11 is 0. The molecule has 0 aliphatic carbocycles. The third kappa shape index (κ3) is 2.93. The summed E-state index contributed by atoms with van der Waals surface area (Å²) < 4.78 is 0. The second-order valence-corrected chi connectivity index (χ2v) is 4.46. The van der Waals surface area contributed by atoms with E-state index in [9.17, 15) is 0 Å². The molecule has 1 aromatic carbocycles. The van der Waals surface area contributed by atoms with Crippen molar-refractivity contribution in [1.29, 1.82) is 0 Å². The number of benzene rings is 1. The van der Waals surface area contributed by atoms with Crippen molar-refractivity contribution >= 4 is 23.0 Å². The topological polar surface area (TPSA) is 75.9 Å². The number of nitrogens with one attached hydrogen (secondary N) is 2. The minimum Gasteiger partial charge on any atom is -0.393 e. The highest BCUT2D eigenvalue weighted by Crippen LogP contribution is 2.27. The van der Waals surface area contributed by atoms with E-state index in [0.717, 1.165) is 17.8 Å². The minimum atomic E-state index is 0.532. The molecule has 2 rings (SSSR count). The van der Waals surface area contributed by atoms with Gasteiger partial charge in [-0.05, 0) is 32.4 Å². The first-order valence-corrected chi connectivity index (χ1v) is 6.30. The number of nitrogens with two attached hydrogens (primary N) is 1. The van der Waals surface area contributed by atoms with Gasteiger partial charge in [0.1, 0.15) is 12.0 Å². The van der Waals surface area contributed by atoms with E-state index in [-0.39, 0.29) is 0 Å². The Hall–Kier alpha value is -2.30. The summed E-state index contributed by atoms with van der Waals surface area (Å²) in [6, 6.07) is 6.20. The van der Waals surface area contributed by atoms with E-state index in [1.807, 2.05) is 13.0 Å². The van der Waals surface area contributed by atoms with Crippen LogP contribution in [0.1, 0.15) is 18.1 Å². The van der Waals surface area contributed by atoms with Crippen molar-refractivity contribution < 1.29 is 0 Å². The van der Waals surface area contributed by atoms with E-state index in [4.69, 9.17) is 5.73 Å². The van der Waals surface area contributed by atoms with Gasteiger partial charge >= 0.3 is 0 Å². The Morgan fingerprint density at radius 2 is 1.89 bits per heavy atom. The summed E-state index contributed by atoms with van der Waals surface area (Å²) in [5.74, 6) is 1.28. The summed E-state index contributed by atoms with van der Waals surface area (Å²) in [5.41, 5.74) is 9.96. The van der Waals surface area contributed by atoms with E-state index in [1.165, 1.54) is 11.9 Å². The number of aromatic nitrogens is 2. The zero-order chi connectivity index (χ0) is 13.8. The number of hydrogen-bond acceptors (Lipinski definition) is 5.